The smallest absolute Gasteiger partial charge is 0.317 e. The van der Waals surface area contributed by atoms with Crippen molar-refractivity contribution < 1.29 is 34.4 Å². The predicted molar refractivity (Wildman–Crippen MR) is 117 cm³/mol. The minimum atomic E-state index is -0.999. The maximum atomic E-state index is 11.5. The number of benzene rings is 1. The molecule has 1 unspecified atom stereocenters. The van der Waals surface area contributed by atoms with Gasteiger partial charge in [-0.25, -0.2) is 0 Å². The third-order valence-corrected chi connectivity index (χ3v) is 5.30. The van der Waals surface area contributed by atoms with E-state index in [1.54, 1.807) is 26.8 Å². The van der Waals surface area contributed by atoms with Gasteiger partial charge in [0.15, 0.2) is 0 Å². The number of ether oxygens (including phenoxy) is 1. The number of hydrogen-bond acceptors (Lipinski definition) is 8. The van der Waals surface area contributed by atoms with Gasteiger partial charge >= 0.3 is 17.9 Å². The molecule has 0 bridgehead atoms. The average Bonchev–Trinajstić information content (AvgIpc) is 2.69. The second-order valence-electron chi connectivity index (χ2n) is 7.87. The summed E-state index contributed by atoms with van der Waals surface area (Å²) >= 11 is 0. The summed E-state index contributed by atoms with van der Waals surface area (Å²) in [4.78, 5) is 39.4. The SMILES string of the molecule is Nc1ccc(CC2CN(CC(=O)O)CCN(CC(=O)O)CCOCCN2CC(=O)O)cc1. The number of aliphatic carboxylic acids is 3. The van der Waals surface area contributed by atoms with Gasteiger partial charge in [-0.05, 0) is 24.1 Å². The van der Waals surface area contributed by atoms with E-state index in [1.807, 2.05) is 12.1 Å². The highest BCUT2D eigenvalue weighted by Crippen LogP contribution is 2.14. The number of carboxylic acids is 3. The molecule has 1 aliphatic rings. The second kappa shape index (κ2) is 13.0. The van der Waals surface area contributed by atoms with E-state index in [1.165, 1.54) is 0 Å². The molecule has 5 N–H and O–H groups in total. The fourth-order valence-electron chi connectivity index (χ4n) is 3.75. The summed E-state index contributed by atoms with van der Waals surface area (Å²) < 4.78 is 5.64. The Balaban J connectivity index is 2.26. The molecule has 0 amide bonds. The molecule has 1 saturated heterocycles. The summed E-state index contributed by atoms with van der Waals surface area (Å²) in [6.07, 6.45) is 0.502. The second-order valence-corrected chi connectivity index (χ2v) is 7.87. The molecule has 1 aliphatic heterocycles. The fourth-order valence-corrected chi connectivity index (χ4v) is 3.75. The van der Waals surface area contributed by atoms with Crippen molar-refractivity contribution in [3.05, 3.63) is 29.8 Å². The molecule has 1 atom stereocenters. The topological polar surface area (TPSA) is 157 Å². The largest absolute Gasteiger partial charge is 0.480 e. The van der Waals surface area contributed by atoms with Crippen molar-refractivity contribution in [3.8, 4) is 0 Å². The molecule has 0 aromatic heterocycles. The highest BCUT2D eigenvalue weighted by Gasteiger charge is 2.26. The summed E-state index contributed by atoms with van der Waals surface area (Å²) in [6.45, 7) is 1.74. The first-order valence-electron chi connectivity index (χ1n) is 10.5. The van der Waals surface area contributed by atoms with Gasteiger partial charge in [0.25, 0.3) is 0 Å². The average molecular weight is 453 g/mol. The van der Waals surface area contributed by atoms with Crippen molar-refractivity contribution in [3.63, 3.8) is 0 Å². The van der Waals surface area contributed by atoms with Crippen LogP contribution in [0.3, 0.4) is 0 Å². The van der Waals surface area contributed by atoms with Crippen LogP contribution < -0.4 is 5.73 Å². The van der Waals surface area contributed by atoms with Gasteiger partial charge in [0.1, 0.15) is 0 Å². The molecular formula is C21H32N4O7. The monoisotopic (exact) mass is 452 g/mol. The quantitative estimate of drug-likeness (QED) is 0.372. The van der Waals surface area contributed by atoms with Gasteiger partial charge in [-0.3, -0.25) is 29.1 Å². The molecule has 0 saturated carbocycles. The zero-order valence-electron chi connectivity index (χ0n) is 18.1. The molecule has 178 valence electrons. The number of carbonyl (C=O) groups is 3. The number of carboxylic acid groups (broad SMARTS) is 3. The van der Waals surface area contributed by atoms with Gasteiger partial charge in [-0.15, -0.1) is 0 Å². The van der Waals surface area contributed by atoms with Crippen LogP contribution in [0.2, 0.25) is 0 Å². The van der Waals surface area contributed by atoms with Gasteiger partial charge in [0.2, 0.25) is 0 Å². The molecule has 11 nitrogen and oxygen atoms in total. The number of nitrogens with zero attached hydrogens (tertiary/aromatic N) is 3. The molecule has 0 radical (unpaired) electrons. The number of rotatable bonds is 8. The number of nitrogen functional groups attached to an aromatic ring is 1. The summed E-state index contributed by atoms with van der Waals surface area (Å²) in [6, 6.07) is 7.00. The first-order valence-corrected chi connectivity index (χ1v) is 10.5. The van der Waals surface area contributed by atoms with Crippen LogP contribution in [0.5, 0.6) is 0 Å². The van der Waals surface area contributed by atoms with E-state index in [4.69, 9.17) is 15.6 Å². The Morgan fingerprint density at radius 1 is 0.844 bits per heavy atom. The highest BCUT2D eigenvalue weighted by molar-refractivity contribution is 5.70. The Labute approximate surface area is 186 Å². The Morgan fingerprint density at radius 2 is 1.41 bits per heavy atom. The molecule has 1 aromatic rings. The third-order valence-electron chi connectivity index (χ3n) is 5.30. The Hall–Kier alpha value is -2.73. The van der Waals surface area contributed by atoms with E-state index in [0.717, 1.165) is 5.56 Å². The molecule has 0 aliphatic carbocycles. The lowest BCUT2D eigenvalue weighted by Gasteiger charge is -2.36. The van der Waals surface area contributed by atoms with Crippen molar-refractivity contribution in [2.75, 3.05) is 71.3 Å². The lowest BCUT2D eigenvalue weighted by Crippen LogP contribution is -2.51. The van der Waals surface area contributed by atoms with Gasteiger partial charge in [-0.1, -0.05) is 12.1 Å². The maximum absolute atomic E-state index is 11.5. The first-order chi connectivity index (χ1) is 15.2. The number of nitrogens with two attached hydrogens (primary N) is 1. The highest BCUT2D eigenvalue weighted by atomic mass is 16.5. The van der Waals surface area contributed by atoms with Crippen LogP contribution in [-0.4, -0.2) is 120 Å². The van der Waals surface area contributed by atoms with Crippen molar-refractivity contribution in [2.24, 2.45) is 0 Å². The molecule has 0 spiro atoms. The van der Waals surface area contributed by atoms with Gasteiger partial charge in [0, 0.05) is 44.5 Å². The Morgan fingerprint density at radius 3 is 2.03 bits per heavy atom. The van der Waals surface area contributed by atoms with E-state index < -0.39 is 17.9 Å². The summed E-state index contributed by atoms with van der Waals surface area (Å²) in [5.41, 5.74) is 7.34. The molecule has 2 rings (SSSR count). The molecular weight excluding hydrogens is 420 g/mol. The van der Waals surface area contributed by atoms with E-state index in [0.29, 0.717) is 51.4 Å². The first kappa shape index (κ1) is 25.5. The number of hydrogen-bond donors (Lipinski definition) is 4. The van der Waals surface area contributed by atoms with Crippen LogP contribution in [0.4, 0.5) is 5.69 Å². The minimum absolute atomic E-state index is 0.162. The zero-order valence-corrected chi connectivity index (χ0v) is 18.1. The predicted octanol–water partition coefficient (Wildman–Crippen LogP) is -0.630. The molecule has 1 heterocycles. The van der Waals surface area contributed by atoms with Crippen LogP contribution in [0.25, 0.3) is 0 Å². The zero-order chi connectivity index (χ0) is 23.5. The Bertz CT molecular complexity index is 759. The minimum Gasteiger partial charge on any atom is -0.480 e. The van der Waals surface area contributed by atoms with Crippen LogP contribution in [0.15, 0.2) is 24.3 Å². The van der Waals surface area contributed by atoms with Crippen molar-refractivity contribution >= 4 is 23.6 Å². The van der Waals surface area contributed by atoms with Crippen LogP contribution in [0.1, 0.15) is 5.56 Å². The van der Waals surface area contributed by atoms with Crippen molar-refractivity contribution in [2.45, 2.75) is 12.5 Å². The van der Waals surface area contributed by atoms with Crippen molar-refractivity contribution in [1.82, 2.24) is 14.7 Å². The molecule has 1 aromatic carbocycles. The van der Waals surface area contributed by atoms with Crippen molar-refractivity contribution in [1.29, 1.82) is 0 Å². The molecule has 1 fully saturated rings. The lowest BCUT2D eigenvalue weighted by molar-refractivity contribution is -0.141. The summed E-state index contributed by atoms with van der Waals surface area (Å²) in [7, 11) is 0. The molecule has 32 heavy (non-hydrogen) atoms. The third kappa shape index (κ3) is 9.60. The van der Waals surface area contributed by atoms with Crippen LogP contribution >= 0.6 is 0 Å². The van der Waals surface area contributed by atoms with Gasteiger partial charge < -0.3 is 25.8 Å². The lowest BCUT2D eigenvalue weighted by atomic mass is 10.0. The normalized spacial score (nSPS) is 20.2. The molecule has 11 heteroatoms. The van der Waals surface area contributed by atoms with Gasteiger partial charge in [0.05, 0.1) is 32.8 Å². The maximum Gasteiger partial charge on any atom is 0.317 e. The standard InChI is InChI=1S/C21H32N4O7/c22-17-3-1-16(2-4-17)11-18-12-24(14-20(28)29)6-5-23(13-19(26)27)7-9-32-10-8-25(18)15-21(30)31/h1-4,18H,5-15,22H2,(H,26,27)(H,28,29)(H,30,31). The number of anilines is 1. The van der Waals surface area contributed by atoms with Crippen LogP contribution in [-0.2, 0) is 25.5 Å². The van der Waals surface area contributed by atoms with E-state index >= 15 is 0 Å². The van der Waals surface area contributed by atoms with E-state index in [-0.39, 0.29) is 32.3 Å². The fraction of sp³-hybridized carbons (Fsp3) is 0.571. The Kier molecular flexibility index (Phi) is 10.3. The van der Waals surface area contributed by atoms with Gasteiger partial charge in [-0.2, -0.15) is 0 Å². The summed E-state index contributed by atoms with van der Waals surface area (Å²) in [5.74, 6) is -2.94. The van der Waals surface area contributed by atoms with E-state index in [2.05, 4.69) is 0 Å². The summed E-state index contributed by atoms with van der Waals surface area (Å²) in [5, 5.41) is 28.0. The van der Waals surface area contributed by atoms with E-state index in [9.17, 15) is 24.6 Å². The van der Waals surface area contributed by atoms with Crippen LogP contribution in [0, 0.1) is 0 Å².